The Balaban J connectivity index is 1.56. The van der Waals surface area contributed by atoms with Crippen molar-refractivity contribution in [3.63, 3.8) is 0 Å². The second kappa shape index (κ2) is 8.21. The van der Waals surface area contributed by atoms with E-state index in [0.29, 0.717) is 18.5 Å². The van der Waals surface area contributed by atoms with Gasteiger partial charge in [0.05, 0.1) is 5.56 Å². The Morgan fingerprint density at radius 2 is 1.62 bits per heavy atom. The van der Waals surface area contributed by atoms with Crippen molar-refractivity contribution in [3.8, 4) is 11.1 Å². The highest BCUT2D eigenvalue weighted by Gasteiger charge is 2.39. The zero-order valence-electron chi connectivity index (χ0n) is 16.4. The third kappa shape index (κ3) is 4.34. The van der Waals surface area contributed by atoms with Gasteiger partial charge in [0, 0.05) is 18.5 Å². The number of nitrogens with zero attached hydrogens (tertiary/aromatic N) is 1. The Hall–Kier alpha value is -2.30. The fraction of sp³-hybridized carbons (Fsp3) is 0.458. The Bertz CT molecular complexity index is 856. The summed E-state index contributed by atoms with van der Waals surface area (Å²) in [5.74, 6) is -0.308. The van der Waals surface area contributed by atoms with Crippen molar-refractivity contribution in [2.24, 2.45) is 5.92 Å². The lowest BCUT2D eigenvalue weighted by molar-refractivity contribution is -0.139. The van der Waals surface area contributed by atoms with Gasteiger partial charge < -0.3 is 4.90 Å². The number of likely N-dealkylation sites (tertiary alicyclic amines) is 1. The average Bonchev–Trinajstić information content (AvgIpc) is 3.09. The first-order chi connectivity index (χ1) is 13.9. The molecule has 0 N–H and O–H groups in total. The quantitative estimate of drug-likeness (QED) is 0.607. The molecule has 1 saturated carbocycles. The normalized spacial score (nSPS) is 21.0. The Morgan fingerprint density at radius 3 is 2.31 bits per heavy atom. The maximum atomic E-state index is 13.8. The predicted octanol–water partition coefficient (Wildman–Crippen LogP) is 6.10. The van der Waals surface area contributed by atoms with E-state index in [1.165, 1.54) is 12.5 Å². The molecule has 0 spiro atoms. The first-order valence-corrected chi connectivity index (χ1v) is 10.5. The molecular weight excluding hydrogens is 375 g/mol. The zero-order valence-corrected chi connectivity index (χ0v) is 16.4. The van der Waals surface area contributed by atoms with E-state index in [1.807, 2.05) is 23.1 Å². The molecule has 1 atom stereocenters. The van der Waals surface area contributed by atoms with Crippen LogP contribution >= 0.6 is 0 Å². The first kappa shape index (κ1) is 20.0. The molecule has 2 aromatic carbocycles. The summed E-state index contributed by atoms with van der Waals surface area (Å²) in [5.41, 5.74) is 0.900. The lowest BCUT2D eigenvalue weighted by atomic mass is 9.91. The van der Waals surface area contributed by atoms with Gasteiger partial charge in [0.15, 0.2) is 0 Å². The van der Waals surface area contributed by atoms with Gasteiger partial charge in [-0.1, -0.05) is 61.7 Å². The number of hydrogen-bond donors (Lipinski definition) is 0. The minimum Gasteiger partial charge on any atom is -0.339 e. The Morgan fingerprint density at radius 1 is 0.897 bits per heavy atom. The standard InChI is InChI=1S/C24H26F3NO/c25-24(26,27)22-16-18(17-7-3-1-4-8-17)11-12-19(22)15-20-13-14-28(23(20)29)21-9-5-2-6-10-21/h1,3-4,7-8,11-12,16,20-21H,2,5-6,9-10,13-15H2. The number of rotatable bonds is 4. The molecule has 1 aliphatic heterocycles. The van der Waals surface area contributed by atoms with Gasteiger partial charge in [-0.05, 0) is 48.4 Å². The topological polar surface area (TPSA) is 20.3 Å². The lowest BCUT2D eigenvalue weighted by Crippen LogP contribution is -2.39. The molecule has 0 radical (unpaired) electrons. The van der Waals surface area contributed by atoms with Crippen molar-refractivity contribution < 1.29 is 18.0 Å². The van der Waals surface area contributed by atoms with E-state index in [0.717, 1.165) is 31.2 Å². The summed E-state index contributed by atoms with van der Waals surface area (Å²) in [7, 11) is 0. The molecule has 1 unspecified atom stereocenters. The molecular formula is C24H26F3NO. The summed E-state index contributed by atoms with van der Waals surface area (Å²) in [4.78, 5) is 14.8. The number of hydrogen-bond acceptors (Lipinski definition) is 1. The highest BCUT2D eigenvalue weighted by Crippen LogP contribution is 2.38. The molecule has 2 nitrogen and oxygen atoms in total. The second-order valence-corrected chi connectivity index (χ2v) is 8.25. The smallest absolute Gasteiger partial charge is 0.339 e. The molecule has 154 valence electrons. The number of carbonyl (C=O) groups is 1. The van der Waals surface area contributed by atoms with Crippen LogP contribution in [0.4, 0.5) is 13.2 Å². The molecule has 0 aromatic heterocycles. The zero-order chi connectivity index (χ0) is 20.4. The van der Waals surface area contributed by atoms with Gasteiger partial charge >= 0.3 is 6.18 Å². The predicted molar refractivity (Wildman–Crippen MR) is 107 cm³/mol. The fourth-order valence-corrected chi connectivity index (χ4v) is 4.80. The van der Waals surface area contributed by atoms with Crippen LogP contribution in [-0.2, 0) is 17.4 Å². The first-order valence-electron chi connectivity index (χ1n) is 10.5. The van der Waals surface area contributed by atoms with E-state index in [-0.39, 0.29) is 29.9 Å². The van der Waals surface area contributed by atoms with E-state index in [1.54, 1.807) is 24.3 Å². The van der Waals surface area contributed by atoms with Gasteiger partial charge in [-0.3, -0.25) is 4.79 Å². The summed E-state index contributed by atoms with van der Waals surface area (Å²) in [6, 6.07) is 13.9. The molecule has 1 heterocycles. The molecule has 1 aliphatic carbocycles. The van der Waals surface area contributed by atoms with Gasteiger partial charge in [-0.25, -0.2) is 0 Å². The molecule has 29 heavy (non-hydrogen) atoms. The Kier molecular flexibility index (Phi) is 5.66. The van der Waals surface area contributed by atoms with Crippen molar-refractivity contribution in [3.05, 3.63) is 59.7 Å². The van der Waals surface area contributed by atoms with Crippen LogP contribution in [0.3, 0.4) is 0 Å². The lowest BCUT2D eigenvalue weighted by Gasteiger charge is -2.31. The summed E-state index contributed by atoms with van der Waals surface area (Å²) in [6.07, 6.45) is 1.90. The van der Waals surface area contributed by atoms with Crippen molar-refractivity contribution in [2.75, 3.05) is 6.54 Å². The van der Waals surface area contributed by atoms with E-state index < -0.39 is 11.7 Å². The van der Waals surface area contributed by atoms with Crippen LogP contribution in [0.5, 0.6) is 0 Å². The highest BCUT2D eigenvalue weighted by molar-refractivity contribution is 5.81. The summed E-state index contributed by atoms with van der Waals surface area (Å²) < 4.78 is 41.4. The number of benzene rings is 2. The largest absolute Gasteiger partial charge is 0.416 e. The molecule has 2 aromatic rings. The maximum absolute atomic E-state index is 13.8. The van der Waals surface area contributed by atoms with E-state index in [2.05, 4.69) is 0 Å². The molecule has 4 rings (SSSR count). The van der Waals surface area contributed by atoms with Gasteiger partial charge in [0.25, 0.3) is 0 Å². The monoisotopic (exact) mass is 401 g/mol. The molecule has 0 bridgehead atoms. The van der Waals surface area contributed by atoms with E-state index in [9.17, 15) is 18.0 Å². The van der Waals surface area contributed by atoms with Crippen LogP contribution in [0.25, 0.3) is 11.1 Å². The van der Waals surface area contributed by atoms with Crippen LogP contribution in [0, 0.1) is 5.92 Å². The van der Waals surface area contributed by atoms with Crippen LogP contribution in [0.1, 0.15) is 49.7 Å². The third-order valence-corrected chi connectivity index (χ3v) is 6.35. The number of alkyl halides is 3. The van der Waals surface area contributed by atoms with Gasteiger partial charge in [0.1, 0.15) is 0 Å². The van der Waals surface area contributed by atoms with Crippen LogP contribution < -0.4 is 0 Å². The van der Waals surface area contributed by atoms with Crippen molar-refractivity contribution in [1.29, 1.82) is 0 Å². The minimum atomic E-state index is -4.44. The number of halogens is 3. The SMILES string of the molecule is O=C1C(Cc2ccc(-c3ccccc3)cc2C(F)(F)F)CCN1C1CCCCC1. The molecule has 1 amide bonds. The molecule has 5 heteroatoms. The van der Waals surface area contributed by atoms with E-state index >= 15 is 0 Å². The van der Waals surface area contributed by atoms with Crippen LogP contribution in [0.2, 0.25) is 0 Å². The number of amides is 1. The molecule has 2 aliphatic rings. The van der Waals surface area contributed by atoms with Crippen molar-refractivity contribution >= 4 is 5.91 Å². The third-order valence-electron chi connectivity index (χ3n) is 6.35. The summed E-state index contributed by atoms with van der Waals surface area (Å²) >= 11 is 0. The van der Waals surface area contributed by atoms with Crippen LogP contribution in [-0.4, -0.2) is 23.4 Å². The fourth-order valence-electron chi connectivity index (χ4n) is 4.80. The summed E-state index contributed by atoms with van der Waals surface area (Å²) in [5, 5.41) is 0. The highest BCUT2D eigenvalue weighted by atomic mass is 19.4. The van der Waals surface area contributed by atoms with E-state index in [4.69, 9.17) is 0 Å². The minimum absolute atomic E-state index is 0.0390. The van der Waals surface area contributed by atoms with Crippen molar-refractivity contribution in [1.82, 2.24) is 4.90 Å². The molecule has 1 saturated heterocycles. The van der Waals surface area contributed by atoms with Crippen molar-refractivity contribution in [2.45, 2.75) is 57.2 Å². The second-order valence-electron chi connectivity index (χ2n) is 8.25. The maximum Gasteiger partial charge on any atom is 0.416 e. The van der Waals surface area contributed by atoms with Gasteiger partial charge in [-0.2, -0.15) is 13.2 Å². The Labute approximate surface area is 169 Å². The molecule has 2 fully saturated rings. The number of carbonyl (C=O) groups excluding carboxylic acids is 1. The van der Waals surface area contributed by atoms with Crippen LogP contribution in [0.15, 0.2) is 48.5 Å². The van der Waals surface area contributed by atoms with Gasteiger partial charge in [-0.15, -0.1) is 0 Å². The summed E-state index contributed by atoms with van der Waals surface area (Å²) in [6.45, 7) is 0.678. The average molecular weight is 401 g/mol. The van der Waals surface area contributed by atoms with Gasteiger partial charge in [0.2, 0.25) is 5.91 Å².